The zero-order chi connectivity index (χ0) is 13.8. The van der Waals surface area contributed by atoms with Gasteiger partial charge in [-0.25, -0.2) is 4.79 Å². The van der Waals surface area contributed by atoms with Crippen molar-refractivity contribution in [1.82, 2.24) is 5.32 Å². The van der Waals surface area contributed by atoms with E-state index in [-0.39, 0.29) is 11.8 Å². The number of nitrogens with one attached hydrogen (secondary N) is 1. The van der Waals surface area contributed by atoms with Gasteiger partial charge < -0.3 is 10.1 Å². The first-order chi connectivity index (χ1) is 9.13. The Kier molecular flexibility index (Phi) is 4.20. The number of rotatable bonds is 5. The van der Waals surface area contributed by atoms with Crippen LogP contribution in [0.2, 0.25) is 0 Å². The van der Waals surface area contributed by atoms with Gasteiger partial charge in [0.2, 0.25) is 5.91 Å². The molecule has 0 aromatic heterocycles. The maximum Gasteiger partial charge on any atom is 0.333 e. The topological polar surface area (TPSA) is 55.4 Å². The number of amides is 1. The third-order valence-electron chi connectivity index (χ3n) is 3.60. The summed E-state index contributed by atoms with van der Waals surface area (Å²) in [6.45, 7) is 1.91. The molecule has 2 unspecified atom stereocenters. The molecule has 1 aliphatic rings. The molecular weight excluding hydrogens is 242 g/mol. The van der Waals surface area contributed by atoms with Gasteiger partial charge >= 0.3 is 5.97 Å². The van der Waals surface area contributed by atoms with Crippen LogP contribution in [0.25, 0.3) is 0 Å². The van der Waals surface area contributed by atoms with E-state index in [1.807, 2.05) is 37.3 Å². The Morgan fingerprint density at radius 1 is 1.26 bits per heavy atom. The largest absolute Gasteiger partial charge is 0.467 e. The summed E-state index contributed by atoms with van der Waals surface area (Å²) < 4.78 is 4.77. The van der Waals surface area contributed by atoms with Crippen LogP contribution < -0.4 is 5.32 Å². The fraction of sp³-hybridized carbons (Fsp3) is 0.467. The first-order valence-electron chi connectivity index (χ1n) is 6.56. The minimum Gasteiger partial charge on any atom is -0.467 e. The fourth-order valence-electron chi connectivity index (χ4n) is 2.13. The number of esters is 1. The fourth-order valence-corrected chi connectivity index (χ4v) is 2.13. The van der Waals surface area contributed by atoms with Gasteiger partial charge in [-0.05, 0) is 24.3 Å². The van der Waals surface area contributed by atoms with Crippen LogP contribution in [-0.2, 0) is 14.3 Å². The van der Waals surface area contributed by atoms with Crippen molar-refractivity contribution < 1.29 is 14.3 Å². The summed E-state index contributed by atoms with van der Waals surface area (Å²) in [5.74, 6) is -0.103. The molecule has 1 N–H and O–H groups in total. The maximum atomic E-state index is 12.1. The van der Waals surface area contributed by atoms with Crippen LogP contribution in [0.4, 0.5) is 0 Å². The Labute approximate surface area is 113 Å². The Balaban J connectivity index is 2.10. The predicted molar refractivity (Wildman–Crippen MR) is 71.2 cm³/mol. The van der Waals surface area contributed by atoms with Gasteiger partial charge in [-0.1, -0.05) is 37.3 Å². The monoisotopic (exact) mass is 261 g/mol. The summed E-state index contributed by atoms with van der Waals surface area (Å²) in [7, 11) is 1.33. The van der Waals surface area contributed by atoms with E-state index < -0.39 is 12.0 Å². The molecule has 1 fully saturated rings. The lowest BCUT2D eigenvalue weighted by molar-refractivity contribution is -0.145. The van der Waals surface area contributed by atoms with Gasteiger partial charge in [0, 0.05) is 5.92 Å². The molecule has 0 spiro atoms. The van der Waals surface area contributed by atoms with Crippen molar-refractivity contribution in [3.05, 3.63) is 35.9 Å². The van der Waals surface area contributed by atoms with E-state index in [2.05, 4.69) is 5.32 Å². The van der Waals surface area contributed by atoms with Crippen molar-refractivity contribution >= 4 is 11.9 Å². The van der Waals surface area contributed by atoms with Crippen molar-refractivity contribution in [2.45, 2.75) is 25.8 Å². The van der Waals surface area contributed by atoms with Crippen LogP contribution in [-0.4, -0.2) is 19.0 Å². The lowest BCUT2D eigenvalue weighted by Gasteiger charge is -2.19. The summed E-state index contributed by atoms with van der Waals surface area (Å²) >= 11 is 0. The summed E-state index contributed by atoms with van der Waals surface area (Å²) in [5, 5.41) is 2.79. The van der Waals surface area contributed by atoms with Crippen LogP contribution in [0.3, 0.4) is 0 Å². The van der Waals surface area contributed by atoms with Crippen molar-refractivity contribution in [1.29, 1.82) is 0 Å². The normalized spacial score (nSPS) is 17.4. The highest BCUT2D eigenvalue weighted by Crippen LogP contribution is 2.36. The summed E-state index contributed by atoms with van der Waals surface area (Å²) in [6.07, 6.45) is 2.20. The summed E-state index contributed by atoms with van der Waals surface area (Å²) in [6, 6.07) is 8.43. The highest BCUT2D eigenvalue weighted by Gasteiger charge is 2.34. The molecule has 0 heterocycles. The Morgan fingerprint density at radius 3 is 2.42 bits per heavy atom. The first kappa shape index (κ1) is 13.6. The number of carbonyl (C=O) groups excluding carboxylic acids is 2. The SMILES string of the molecule is COC(=O)C(NC(=O)C(C)C1CC1)c1ccccc1. The average molecular weight is 261 g/mol. The number of methoxy groups -OCH3 is 1. The number of hydrogen-bond donors (Lipinski definition) is 1. The molecule has 0 saturated heterocycles. The van der Waals surface area contributed by atoms with E-state index >= 15 is 0 Å². The Hall–Kier alpha value is -1.84. The molecule has 2 atom stereocenters. The van der Waals surface area contributed by atoms with Gasteiger partial charge in [0.05, 0.1) is 7.11 Å². The molecule has 1 saturated carbocycles. The molecular formula is C15H19NO3. The molecule has 1 aromatic rings. The van der Waals surface area contributed by atoms with Gasteiger partial charge in [0.1, 0.15) is 0 Å². The highest BCUT2D eigenvalue weighted by atomic mass is 16.5. The van der Waals surface area contributed by atoms with Gasteiger partial charge in [0.25, 0.3) is 0 Å². The first-order valence-corrected chi connectivity index (χ1v) is 6.56. The van der Waals surface area contributed by atoms with Crippen molar-refractivity contribution in [3.8, 4) is 0 Å². The Bertz CT molecular complexity index is 454. The van der Waals surface area contributed by atoms with Gasteiger partial charge in [0.15, 0.2) is 6.04 Å². The minimum absolute atomic E-state index is 0.0455. The number of carbonyl (C=O) groups is 2. The lowest BCUT2D eigenvalue weighted by atomic mass is 10.0. The van der Waals surface area contributed by atoms with E-state index in [1.165, 1.54) is 7.11 Å². The van der Waals surface area contributed by atoms with Gasteiger partial charge in [-0.2, -0.15) is 0 Å². The molecule has 0 radical (unpaired) electrons. The van der Waals surface area contributed by atoms with Crippen molar-refractivity contribution in [3.63, 3.8) is 0 Å². The van der Waals surface area contributed by atoms with E-state index in [9.17, 15) is 9.59 Å². The molecule has 4 heteroatoms. The van der Waals surface area contributed by atoms with Crippen LogP contribution in [0.5, 0.6) is 0 Å². The van der Waals surface area contributed by atoms with Crippen LogP contribution in [0, 0.1) is 11.8 Å². The second-order valence-electron chi connectivity index (χ2n) is 5.00. The maximum absolute atomic E-state index is 12.1. The average Bonchev–Trinajstić information content (AvgIpc) is 3.28. The quantitative estimate of drug-likeness (QED) is 0.825. The number of benzene rings is 1. The number of ether oxygens (including phenoxy) is 1. The molecule has 102 valence electrons. The Morgan fingerprint density at radius 2 is 1.89 bits per heavy atom. The van der Waals surface area contributed by atoms with Crippen LogP contribution in [0.1, 0.15) is 31.4 Å². The summed E-state index contributed by atoms with van der Waals surface area (Å²) in [4.78, 5) is 23.9. The van der Waals surface area contributed by atoms with Crippen molar-refractivity contribution in [2.75, 3.05) is 7.11 Å². The van der Waals surface area contributed by atoms with Crippen LogP contribution >= 0.6 is 0 Å². The second-order valence-corrected chi connectivity index (χ2v) is 5.00. The standard InChI is InChI=1S/C15H19NO3/c1-10(11-8-9-11)14(17)16-13(15(18)19-2)12-6-4-3-5-7-12/h3-7,10-11,13H,8-9H2,1-2H3,(H,16,17). The lowest BCUT2D eigenvalue weighted by Crippen LogP contribution is -2.38. The number of hydrogen-bond acceptors (Lipinski definition) is 3. The molecule has 1 amide bonds. The molecule has 0 aliphatic heterocycles. The van der Waals surface area contributed by atoms with E-state index in [1.54, 1.807) is 0 Å². The van der Waals surface area contributed by atoms with Gasteiger partial charge in [-0.15, -0.1) is 0 Å². The smallest absolute Gasteiger partial charge is 0.333 e. The van der Waals surface area contributed by atoms with Gasteiger partial charge in [-0.3, -0.25) is 4.79 Å². The highest BCUT2D eigenvalue weighted by molar-refractivity contribution is 5.86. The van der Waals surface area contributed by atoms with E-state index in [0.29, 0.717) is 5.92 Å². The van der Waals surface area contributed by atoms with Crippen molar-refractivity contribution in [2.24, 2.45) is 11.8 Å². The third-order valence-corrected chi connectivity index (χ3v) is 3.60. The zero-order valence-electron chi connectivity index (χ0n) is 11.3. The summed E-state index contributed by atoms with van der Waals surface area (Å²) in [5.41, 5.74) is 0.741. The molecule has 2 rings (SSSR count). The molecule has 0 bridgehead atoms. The molecule has 19 heavy (non-hydrogen) atoms. The minimum atomic E-state index is -0.722. The van der Waals surface area contributed by atoms with E-state index in [4.69, 9.17) is 4.74 Å². The zero-order valence-corrected chi connectivity index (χ0v) is 11.3. The molecule has 4 nitrogen and oxygen atoms in total. The molecule has 1 aromatic carbocycles. The third kappa shape index (κ3) is 3.34. The predicted octanol–water partition coefficient (Wildman–Crippen LogP) is 2.06. The molecule has 1 aliphatic carbocycles. The second kappa shape index (κ2) is 5.87. The van der Waals surface area contributed by atoms with E-state index in [0.717, 1.165) is 18.4 Å². The van der Waals surface area contributed by atoms with Crippen LogP contribution in [0.15, 0.2) is 30.3 Å².